The molecular weight excluding hydrogens is 689 g/mol. The fourth-order valence-electron chi connectivity index (χ4n) is 5.51. The average molecular weight is 727 g/mol. The molecule has 1 aliphatic carbocycles. The van der Waals surface area contributed by atoms with Gasteiger partial charge in [0.05, 0.1) is 22.8 Å². The van der Waals surface area contributed by atoms with E-state index in [4.69, 9.17) is 19.9 Å². The molecule has 4 aromatic heterocycles. The monoisotopic (exact) mass is 726 g/mol. The first-order valence-corrected chi connectivity index (χ1v) is 17.8. The van der Waals surface area contributed by atoms with Crippen molar-refractivity contribution in [3.05, 3.63) is 75.4 Å². The highest BCUT2D eigenvalue weighted by Crippen LogP contribution is 2.57. The number of carbonyl (C=O) groups excluding carboxylic acids is 2. The number of H-pyrrole nitrogens is 1. The highest BCUT2D eigenvalue weighted by Gasteiger charge is 2.39. The standard InChI is InChI=1S/C36H38N8O5S2/c1-35(2,3)49-32(45)22(16-37)13-23-14-24-28(50-23)29-25(36(24,4)5)15-26(51-29)44(6)11-12-47-34(46)39-17-20-7-9-21(10-8-20)18-48-31-27-30(41-19-40-27)42-33(38)43-31/h7-10,13-15,19H,11-12,17-18H2,1-6H3,(H,39,46)(H3,38,40,41,42,43)/b22-13+. The lowest BCUT2D eigenvalue weighted by Crippen LogP contribution is -2.28. The van der Waals surface area contributed by atoms with Crippen LogP contribution in [0.3, 0.4) is 0 Å². The van der Waals surface area contributed by atoms with Crippen molar-refractivity contribution in [2.24, 2.45) is 0 Å². The first-order chi connectivity index (χ1) is 24.2. The molecule has 1 amide bonds. The Bertz CT molecular complexity index is 2170. The number of hydrogen-bond donors (Lipinski definition) is 3. The first-order valence-electron chi connectivity index (χ1n) is 16.1. The van der Waals surface area contributed by atoms with E-state index in [1.807, 2.05) is 37.4 Å². The number of aromatic nitrogens is 4. The number of hydrogen-bond acceptors (Lipinski definition) is 13. The van der Waals surface area contributed by atoms with Crippen LogP contribution in [0.5, 0.6) is 5.88 Å². The van der Waals surface area contributed by atoms with Gasteiger partial charge in [0.15, 0.2) is 5.65 Å². The number of aromatic amines is 1. The molecule has 0 unspecified atom stereocenters. The summed E-state index contributed by atoms with van der Waals surface area (Å²) in [5.74, 6) is -0.219. The Kier molecular flexibility index (Phi) is 9.74. The maximum absolute atomic E-state index is 12.5. The third-order valence-electron chi connectivity index (χ3n) is 8.19. The summed E-state index contributed by atoms with van der Waals surface area (Å²) in [4.78, 5) is 45.5. The highest BCUT2D eigenvalue weighted by atomic mass is 32.1. The molecule has 0 atom stereocenters. The van der Waals surface area contributed by atoms with Gasteiger partial charge in [-0.25, -0.2) is 14.6 Å². The molecule has 1 aliphatic rings. The lowest BCUT2D eigenvalue weighted by atomic mass is 9.84. The van der Waals surface area contributed by atoms with E-state index in [2.05, 4.69) is 56.1 Å². The van der Waals surface area contributed by atoms with Crippen LogP contribution in [0.2, 0.25) is 0 Å². The van der Waals surface area contributed by atoms with Crippen LogP contribution in [0.25, 0.3) is 27.0 Å². The highest BCUT2D eigenvalue weighted by molar-refractivity contribution is 7.25. The molecule has 1 aromatic carbocycles. The molecule has 0 fully saturated rings. The summed E-state index contributed by atoms with van der Waals surface area (Å²) in [7, 11) is 1.97. The Labute approximate surface area is 303 Å². The predicted octanol–water partition coefficient (Wildman–Crippen LogP) is 6.55. The molecular formula is C36H38N8O5S2. The van der Waals surface area contributed by atoms with Crippen LogP contribution in [0.15, 0.2) is 48.3 Å². The number of nitrogens with two attached hydrogens (primary N) is 1. The number of nitrogen functional groups attached to an aromatic ring is 1. The number of esters is 1. The molecule has 0 bridgehead atoms. The predicted molar refractivity (Wildman–Crippen MR) is 198 cm³/mol. The number of likely N-dealkylation sites (N-methyl/N-ethyl adjacent to an activating group) is 1. The maximum Gasteiger partial charge on any atom is 0.407 e. The van der Waals surface area contributed by atoms with Crippen LogP contribution >= 0.6 is 22.7 Å². The molecule has 5 aromatic rings. The van der Waals surface area contributed by atoms with Crippen LogP contribution in [0, 0.1) is 11.3 Å². The second kappa shape index (κ2) is 14.0. The van der Waals surface area contributed by atoms with Crippen LogP contribution in [0.1, 0.15) is 61.7 Å². The average Bonchev–Trinajstić information content (AvgIpc) is 3.85. The Hall–Kier alpha value is -5.46. The quantitative estimate of drug-likeness (QED) is 0.0762. The summed E-state index contributed by atoms with van der Waals surface area (Å²) in [5, 5.41) is 13.5. The second-order valence-electron chi connectivity index (χ2n) is 13.5. The normalized spacial score (nSPS) is 13.3. The summed E-state index contributed by atoms with van der Waals surface area (Å²) >= 11 is 3.24. The number of nitrogens with one attached hydrogen (secondary N) is 2. The summed E-state index contributed by atoms with van der Waals surface area (Å²) in [5.41, 5.74) is 10.0. The minimum atomic E-state index is -0.688. The van der Waals surface area contributed by atoms with Crippen molar-refractivity contribution in [2.75, 3.05) is 30.8 Å². The van der Waals surface area contributed by atoms with Gasteiger partial charge in [-0.2, -0.15) is 15.2 Å². The Morgan fingerprint density at radius 1 is 1.10 bits per heavy atom. The van der Waals surface area contributed by atoms with Crippen molar-refractivity contribution < 1.29 is 23.8 Å². The van der Waals surface area contributed by atoms with E-state index >= 15 is 0 Å². The number of amides is 1. The van der Waals surface area contributed by atoms with Gasteiger partial charge in [-0.1, -0.05) is 38.1 Å². The summed E-state index contributed by atoms with van der Waals surface area (Å²) in [6.07, 6.45) is 2.62. The third-order valence-corrected chi connectivity index (χ3v) is 10.7. The number of nitriles is 1. The van der Waals surface area contributed by atoms with E-state index in [1.165, 1.54) is 22.3 Å². The van der Waals surface area contributed by atoms with E-state index in [0.29, 0.717) is 30.1 Å². The van der Waals surface area contributed by atoms with Gasteiger partial charge < -0.3 is 35.1 Å². The van der Waals surface area contributed by atoms with Gasteiger partial charge in [-0.05, 0) is 61.2 Å². The summed E-state index contributed by atoms with van der Waals surface area (Å²) < 4.78 is 16.7. The van der Waals surface area contributed by atoms with Gasteiger partial charge in [0.25, 0.3) is 0 Å². The topological polar surface area (TPSA) is 181 Å². The zero-order chi connectivity index (χ0) is 36.5. The maximum atomic E-state index is 12.5. The number of thiophene rings is 2. The van der Waals surface area contributed by atoms with Crippen LogP contribution in [-0.2, 0) is 32.8 Å². The molecule has 0 saturated carbocycles. The lowest BCUT2D eigenvalue weighted by Gasteiger charge is -2.20. The van der Waals surface area contributed by atoms with E-state index in [9.17, 15) is 14.9 Å². The molecule has 0 aliphatic heterocycles. The molecule has 0 radical (unpaired) electrons. The van der Waals surface area contributed by atoms with Crippen molar-refractivity contribution in [1.29, 1.82) is 5.26 Å². The Morgan fingerprint density at radius 2 is 1.80 bits per heavy atom. The summed E-state index contributed by atoms with van der Waals surface area (Å²) in [6.45, 7) is 11.0. The summed E-state index contributed by atoms with van der Waals surface area (Å²) in [6, 6.07) is 13.9. The van der Waals surface area contributed by atoms with Crippen LogP contribution in [0.4, 0.5) is 15.7 Å². The van der Waals surface area contributed by atoms with Gasteiger partial charge in [0.1, 0.15) is 36.0 Å². The van der Waals surface area contributed by atoms with Gasteiger partial charge in [-0.3, -0.25) is 0 Å². The van der Waals surface area contributed by atoms with Crippen molar-refractivity contribution in [1.82, 2.24) is 25.3 Å². The number of fused-ring (bicyclic) bond motifs is 4. The number of nitrogens with zero attached hydrogens (tertiary/aromatic N) is 5. The molecule has 6 rings (SSSR count). The van der Waals surface area contributed by atoms with E-state index in [-0.39, 0.29) is 30.2 Å². The molecule has 4 heterocycles. The van der Waals surface area contributed by atoms with E-state index in [0.717, 1.165) is 25.9 Å². The van der Waals surface area contributed by atoms with Gasteiger partial charge >= 0.3 is 12.1 Å². The third kappa shape index (κ3) is 7.82. The van der Waals surface area contributed by atoms with Crippen molar-refractivity contribution in [3.8, 4) is 21.7 Å². The number of anilines is 2. The molecule has 4 N–H and O–H groups in total. The van der Waals surface area contributed by atoms with Crippen LogP contribution in [-0.4, -0.2) is 57.8 Å². The second-order valence-corrected chi connectivity index (χ2v) is 15.6. The van der Waals surface area contributed by atoms with Gasteiger partial charge in [-0.15, -0.1) is 22.7 Å². The minimum absolute atomic E-state index is 0.0271. The fraction of sp³-hybridized carbons (Fsp3) is 0.333. The zero-order valence-corrected chi connectivity index (χ0v) is 30.8. The molecule has 0 spiro atoms. The number of benzene rings is 1. The molecule has 13 nitrogen and oxygen atoms in total. The van der Waals surface area contributed by atoms with Crippen molar-refractivity contribution >= 4 is 62.9 Å². The SMILES string of the molecule is CN(CCOC(=O)NCc1ccc(COc2nc(N)nc3nc[nH]c23)cc1)c1cc2c(s1)-c1sc(/C=C(\C#N)C(=O)OC(C)(C)C)cc1C2(C)C. The van der Waals surface area contributed by atoms with Crippen molar-refractivity contribution in [2.45, 2.75) is 58.8 Å². The smallest absolute Gasteiger partial charge is 0.407 e. The minimum Gasteiger partial charge on any atom is -0.471 e. The number of imidazole rings is 1. The number of alkyl carbamates (subject to hydrolysis) is 1. The zero-order valence-electron chi connectivity index (χ0n) is 29.1. The largest absolute Gasteiger partial charge is 0.471 e. The van der Waals surface area contributed by atoms with Gasteiger partial charge in [0.2, 0.25) is 11.8 Å². The van der Waals surface area contributed by atoms with Crippen molar-refractivity contribution in [3.63, 3.8) is 0 Å². The number of ether oxygens (including phenoxy) is 3. The Balaban J connectivity index is 0.989. The fourth-order valence-corrected chi connectivity index (χ4v) is 8.24. The molecule has 264 valence electrons. The number of carbonyl (C=O) groups is 2. The Morgan fingerprint density at radius 3 is 2.53 bits per heavy atom. The van der Waals surface area contributed by atoms with E-state index in [1.54, 1.807) is 49.5 Å². The van der Waals surface area contributed by atoms with Gasteiger partial charge in [0, 0.05) is 28.8 Å². The van der Waals surface area contributed by atoms with Crippen LogP contribution < -0.4 is 20.7 Å². The molecule has 15 heteroatoms. The van der Waals surface area contributed by atoms with E-state index < -0.39 is 17.7 Å². The lowest BCUT2D eigenvalue weighted by molar-refractivity contribution is -0.149. The number of rotatable bonds is 11. The molecule has 51 heavy (non-hydrogen) atoms. The molecule has 0 saturated heterocycles. The first kappa shape index (κ1) is 35.4.